The van der Waals surface area contributed by atoms with Gasteiger partial charge in [0.05, 0.1) is 0 Å². The van der Waals surface area contributed by atoms with Gasteiger partial charge in [-0.3, -0.25) is 19.8 Å². The maximum atomic E-state index is 10.6. The van der Waals surface area contributed by atoms with Crippen LogP contribution in [0, 0.1) is 0 Å². The first-order chi connectivity index (χ1) is 6.43. The molecule has 0 saturated heterocycles. The first-order valence-corrected chi connectivity index (χ1v) is 3.96. The number of nitrogens with one attached hydrogen (secondary N) is 2. The number of rotatable bonds is 6. The first-order valence-electron chi connectivity index (χ1n) is 3.96. The molecule has 5 N–H and O–H groups in total. The van der Waals surface area contributed by atoms with Crippen molar-refractivity contribution in [2.75, 3.05) is 0 Å². The van der Waals surface area contributed by atoms with Crippen LogP contribution in [-0.2, 0) is 14.4 Å². The van der Waals surface area contributed by atoms with E-state index in [9.17, 15) is 14.4 Å². The topological polar surface area (TPSA) is 122 Å². The third-order valence-corrected chi connectivity index (χ3v) is 1.40. The number of hydrogen-bond donors (Lipinski definition) is 4. The van der Waals surface area contributed by atoms with E-state index in [2.05, 4.69) is 10.9 Å². The third-order valence-electron chi connectivity index (χ3n) is 1.40. The number of carbonyl (C=O) groups excluding carboxylic acids is 2. The standard InChI is InChI=1S/C7H13N3O4/c1-4(11)9-10-5(7(13)14)2-3-6(8)12/h5,10H,2-3H2,1H3,(H2,8,12)(H,9,11)(H,13,14)/t5-/m0/s1. The molecule has 0 heterocycles. The maximum absolute atomic E-state index is 10.6. The lowest BCUT2D eigenvalue weighted by molar-refractivity contribution is -0.140. The predicted octanol–water partition coefficient (Wildman–Crippen LogP) is -1.65. The Labute approximate surface area is 80.6 Å². The quantitative estimate of drug-likeness (QED) is 0.385. The number of hydrogen-bond acceptors (Lipinski definition) is 4. The van der Waals surface area contributed by atoms with Gasteiger partial charge in [-0.2, -0.15) is 0 Å². The number of amides is 2. The average molecular weight is 203 g/mol. The van der Waals surface area contributed by atoms with Crippen LogP contribution in [-0.4, -0.2) is 28.9 Å². The van der Waals surface area contributed by atoms with Gasteiger partial charge in [-0.05, 0) is 6.42 Å². The van der Waals surface area contributed by atoms with E-state index in [1.54, 1.807) is 0 Å². The molecule has 0 aliphatic rings. The maximum Gasteiger partial charge on any atom is 0.322 e. The largest absolute Gasteiger partial charge is 0.480 e. The molecule has 0 fully saturated rings. The van der Waals surface area contributed by atoms with Gasteiger partial charge in [0.15, 0.2) is 0 Å². The molecule has 0 aromatic carbocycles. The molecule has 80 valence electrons. The van der Waals surface area contributed by atoms with E-state index in [1.165, 1.54) is 6.92 Å². The van der Waals surface area contributed by atoms with Gasteiger partial charge in [-0.1, -0.05) is 0 Å². The zero-order valence-corrected chi connectivity index (χ0v) is 7.74. The Kier molecular flexibility index (Phi) is 5.23. The molecule has 0 saturated carbocycles. The summed E-state index contributed by atoms with van der Waals surface area (Å²) in [4.78, 5) is 31.4. The molecule has 1 atom stereocenters. The van der Waals surface area contributed by atoms with Crippen molar-refractivity contribution in [1.29, 1.82) is 0 Å². The van der Waals surface area contributed by atoms with Gasteiger partial charge in [0.2, 0.25) is 11.8 Å². The predicted molar refractivity (Wildman–Crippen MR) is 46.8 cm³/mol. The van der Waals surface area contributed by atoms with Crippen molar-refractivity contribution in [2.24, 2.45) is 5.73 Å². The Morgan fingerprint density at radius 1 is 1.43 bits per heavy atom. The van der Waals surface area contributed by atoms with Crippen molar-refractivity contribution >= 4 is 17.8 Å². The first kappa shape index (κ1) is 12.4. The highest BCUT2D eigenvalue weighted by atomic mass is 16.4. The molecule has 0 aromatic heterocycles. The molecule has 0 bridgehead atoms. The zero-order valence-electron chi connectivity index (χ0n) is 7.74. The summed E-state index contributed by atoms with van der Waals surface area (Å²) >= 11 is 0. The lowest BCUT2D eigenvalue weighted by Crippen LogP contribution is -2.47. The second kappa shape index (κ2) is 5.92. The summed E-state index contributed by atoms with van der Waals surface area (Å²) < 4.78 is 0. The summed E-state index contributed by atoms with van der Waals surface area (Å²) in [5.41, 5.74) is 9.25. The van der Waals surface area contributed by atoms with Crippen LogP contribution in [0.25, 0.3) is 0 Å². The van der Waals surface area contributed by atoms with Crippen molar-refractivity contribution in [3.05, 3.63) is 0 Å². The Morgan fingerprint density at radius 3 is 2.36 bits per heavy atom. The van der Waals surface area contributed by atoms with Crippen molar-refractivity contribution in [2.45, 2.75) is 25.8 Å². The van der Waals surface area contributed by atoms with E-state index in [4.69, 9.17) is 10.8 Å². The number of primary amides is 1. The minimum atomic E-state index is -1.15. The molecule has 7 nitrogen and oxygen atoms in total. The van der Waals surface area contributed by atoms with Gasteiger partial charge < -0.3 is 10.8 Å². The Morgan fingerprint density at radius 2 is 2.00 bits per heavy atom. The van der Waals surface area contributed by atoms with Crippen LogP contribution in [0.4, 0.5) is 0 Å². The van der Waals surface area contributed by atoms with Crippen LogP contribution in [0.5, 0.6) is 0 Å². The van der Waals surface area contributed by atoms with Crippen LogP contribution in [0.15, 0.2) is 0 Å². The zero-order chi connectivity index (χ0) is 11.1. The van der Waals surface area contributed by atoms with E-state index in [0.717, 1.165) is 0 Å². The number of aliphatic carboxylic acids is 1. The summed E-state index contributed by atoms with van der Waals surface area (Å²) in [5.74, 6) is -2.14. The SMILES string of the molecule is CC(=O)NN[C@@H](CCC(N)=O)C(=O)O. The van der Waals surface area contributed by atoms with Gasteiger partial charge in [-0.25, -0.2) is 5.43 Å². The van der Waals surface area contributed by atoms with Crippen LogP contribution in [0.2, 0.25) is 0 Å². The fourth-order valence-electron chi connectivity index (χ4n) is 0.733. The normalized spacial score (nSPS) is 11.8. The lowest BCUT2D eigenvalue weighted by atomic mass is 10.1. The lowest BCUT2D eigenvalue weighted by Gasteiger charge is -2.13. The number of hydrazine groups is 1. The van der Waals surface area contributed by atoms with E-state index in [1.807, 2.05) is 0 Å². The molecule has 0 aromatic rings. The average Bonchev–Trinajstić information content (AvgIpc) is 2.02. The highest BCUT2D eigenvalue weighted by molar-refractivity contribution is 5.78. The van der Waals surface area contributed by atoms with E-state index in [0.29, 0.717) is 0 Å². The second-order valence-electron chi connectivity index (χ2n) is 2.72. The summed E-state index contributed by atoms with van der Waals surface area (Å²) in [6.45, 7) is 1.24. The fourth-order valence-corrected chi connectivity index (χ4v) is 0.733. The minimum Gasteiger partial charge on any atom is -0.480 e. The molecule has 0 unspecified atom stereocenters. The molecular formula is C7H13N3O4. The molecule has 0 radical (unpaired) electrons. The summed E-state index contributed by atoms with van der Waals surface area (Å²) in [6.07, 6.45) is -0.0193. The molecular weight excluding hydrogens is 190 g/mol. The van der Waals surface area contributed by atoms with Gasteiger partial charge in [-0.15, -0.1) is 0 Å². The number of carbonyl (C=O) groups is 3. The summed E-state index contributed by atoms with van der Waals surface area (Å²) in [7, 11) is 0. The monoisotopic (exact) mass is 203 g/mol. The number of carboxylic acid groups (broad SMARTS) is 1. The minimum absolute atomic E-state index is 0.0327. The number of nitrogens with two attached hydrogens (primary N) is 1. The Balaban J connectivity index is 3.96. The van der Waals surface area contributed by atoms with E-state index in [-0.39, 0.29) is 12.8 Å². The van der Waals surface area contributed by atoms with Crippen molar-refractivity contribution in [3.63, 3.8) is 0 Å². The van der Waals surface area contributed by atoms with Crippen LogP contribution >= 0.6 is 0 Å². The smallest absolute Gasteiger partial charge is 0.322 e. The molecule has 2 amide bonds. The van der Waals surface area contributed by atoms with Gasteiger partial charge in [0, 0.05) is 13.3 Å². The summed E-state index contributed by atoms with van der Waals surface area (Å²) in [5, 5.41) is 8.63. The fraction of sp³-hybridized carbons (Fsp3) is 0.571. The van der Waals surface area contributed by atoms with Crippen LogP contribution in [0.3, 0.4) is 0 Å². The summed E-state index contributed by atoms with van der Waals surface area (Å²) in [6, 6.07) is -1.01. The molecule has 0 rings (SSSR count). The van der Waals surface area contributed by atoms with Crippen molar-refractivity contribution in [1.82, 2.24) is 10.9 Å². The molecule has 0 aliphatic carbocycles. The van der Waals surface area contributed by atoms with Gasteiger partial charge >= 0.3 is 5.97 Å². The van der Waals surface area contributed by atoms with Gasteiger partial charge in [0.1, 0.15) is 6.04 Å². The van der Waals surface area contributed by atoms with Crippen molar-refractivity contribution < 1.29 is 19.5 Å². The Bertz CT molecular complexity index is 223. The molecule has 14 heavy (non-hydrogen) atoms. The van der Waals surface area contributed by atoms with E-state index >= 15 is 0 Å². The second-order valence-corrected chi connectivity index (χ2v) is 2.72. The van der Waals surface area contributed by atoms with Gasteiger partial charge in [0.25, 0.3) is 0 Å². The molecule has 7 heteroatoms. The highest BCUT2D eigenvalue weighted by Gasteiger charge is 2.17. The molecule has 0 aliphatic heterocycles. The Hall–Kier alpha value is -1.63. The van der Waals surface area contributed by atoms with Crippen molar-refractivity contribution in [3.8, 4) is 0 Å². The number of carboxylic acids is 1. The highest BCUT2D eigenvalue weighted by Crippen LogP contribution is 1.95. The third kappa shape index (κ3) is 5.95. The van der Waals surface area contributed by atoms with E-state index < -0.39 is 23.8 Å². The van der Waals surface area contributed by atoms with Crippen LogP contribution in [0.1, 0.15) is 19.8 Å². The van der Waals surface area contributed by atoms with Crippen LogP contribution < -0.4 is 16.6 Å². The molecule has 0 spiro atoms.